The molecule has 1 aliphatic rings. The first kappa shape index (κ1) is 12.5. The van der Waals surface area contributed by atoms with Crippen molar-refractivity contribution in [3.63, 3.8) is 0 Å². The first-order valence-corrected chi connectivity index (χ1v) is 5.94. The molecule has 0 aliphatic carbocycles. The highest BCUT2D eigenvalue weighted by atomic mass is 19.1. The van der Waals surface area contributed by atoms with Gasteiger partial charge in [0, 0.05) is 19.0 Å². The van der Waals surface area contributed by atoms with Gasteiger partial charge in [-0.2, -0.15) is 0 Å². The number of amides is 2. The molecule has 2 N–H and O–H groups in total. The fourth-order valence-corrected chi connectivity index (χ4v) is 1.92. The Morgan fingerprint density at radius 3 is 2.72 bits per heavy atom. The molecule has 1 heterocycles. The van der Waals surface area contributed by atoms with Crippen molar-refractivity contribution < 1.29 is 14.0 Å². The Bertz CT molecular complexity index is 445. The second kappa shape index (κ2) is 5.62. The van der Waals surface area contributed by atoms with Gasteiger partial charge in [-0.1, -0.05) is 12.1 Å². The van der Waals surface area contributed by atoms with Crippen LogP contribution in [0.4, 0.5) is 4.39 Å². The lowest BCUT2D eigenvalue weighted by molar-refractivity contribution is -0.121. The third kappa shape index (κ3) is 3.55. The lowest BCUT2D eigenvalue weighted by Gasteiger charge is -2.11. The van der Waals surface area contributed by atoms with Crippen LogP contribution in [0.25, 0.3) is 0 Å². The summed E-state index contributed by atoms with van der Waals surface area (Å²) in [7, 11) is 0. The maximum absolute atomic E-state index is 12.7. The Labute approximate surface area is 105 Å². The van der Waals surface area contributed by atoms with Crippen molar-refractivity contribution in [2.24, 2.45) is 0 Å². The summed E-state index contributed by atoms with van der Waals surface area (Å²) in [5, 5.41) is 5.54. The number of rotatable bonds is 4. The van der Waals surface area contributed by atoms with Gasteiger partial charge >= 0.3 is 0 Å². The van der Waals surface area contributed by atoms with E-state index in [1.165, 1.54) is 12.1 Å². The van der Waals surface area contributed by atoms with E-state index >= 15 is 0 Å². The third-order valence-electron chi connectivity index (χ3n) is 2.91. The summed E-state index contributed by atoms with van der Waals surface area (Å²) in [6.45, 7) is 0.450. The maximum Gasteiger partial charge on any atom is 0.224 e. The standard InChI is InChI=1S/C13H15FN2O2/c14-10-3-1-9(2-4-10)7-13(18)15-8-11-5-6-12(17)16-11/h1-4,11H,5-8H2,(H,15,18)(H,16,17). The summed E-state index contributed by atoms with van der Waals surface area (Å²) in [6, 6.07) is 5.88. The molecule has 1 fully saturated rings. The van der Waals surface area contributed by atoms with Gasteiger partial charge in [-0.3, -0.25) is 9.59 Å². The zero-order valence-corrected chi connectivity index (χ0v) is 9.91. The van der Waals surface area contributed by atoms with Crippen molar-refractivity contribution in [1.29, 1.82) is 0 Å². The summed E-state index contributed by atoms with van der Waals surface area (Å²) in [5.41, 5.74) is 0.768. The Balaban J connectivity index is 1.75. The Morgan fingerprint density at radius 2 is 2.11 bits per heavy atom. The van der Waals surface area contributed by atoms with Gasteiger partial charge in [0.15, 0.2) is 0 Å². The van der Waals surface area contributed by atoms with E-state index in [0.29, 0.717) is 13.0 Å². The molecular formula is C13H15FN2O2. The normalized spacial score (nSPS) is 18.5. The molecule has 2 amide bonds. The van der Waals surface area contributed by atoms with Crippen molar-refractivity contribution in [3.05, 3.63) is 35.6 Å². The van der Waals surface area contributed by atoms with Gasteiger partial charge < -0.3 is 10.6 Å². The maximum atomic E-state index is 12.7. The second-order valence-corrected chi connectivity index (χ2v) is 4.41. The van der Waals surface area contributed by atoms with E-state index in [4.69, 9.17) is 0 Å². The molecule has 1 aromatic rings. The lowest BCUT2D eigenvalue weighted by Crippen LogP contribution is -2.38. The predicted molar refractivity (Wildman–Crippen MR) is 64.3 cm³/mol. The van der Waals surface area contributed by atoms with Crippen LogP contribution in [0.1, 0.15) is 18.4 Å². The van der Waals surface area contributed by atoms with E-state index in [9.17, 15) is 14.0 Å². The van der Waals surface area contributed by atoms with E-state index in [2.05, 4.69) is 10.6 Å². The number of carbonyl (C=O) groups is 2. The van der Waals surface area contributed by atoms with E-state index in [0.717, 1.165) is 12.0 Å². The molecule has 0 bridgehead atoms. The fourth-order valence-electron chi connectivity index (χ4n) is 1.92. The summed E-state index contributed by atoms with van der Waals surface area (Å²) in [4.78, 5) is 22.6. The first-order valence-electron chi connectivity index (χ1n) is 5.94. The highest BCUT2D eigenvalue weighted by molar-refractivity contribution is 5.80. The molecule has 0 radical (unpaired) electrons. The van der Waals surface area contributed by atoms with Crippen molar-refractivity contribution in [1.82, 2.24) is 10.6 Å². The van der Waals surface area contributed by atoms with Gasteiger partial charge in [0.25, 0.3) is 0 Å². The summed E-state index contributed by atoms with van der Waals surface area (Å²) < 4.78 is 12.7. The minimum absolute atomic E-state index is 0.0350. The van der Waals surface area contributed by atoms with E-state index < -0.39 is 0 Å². The van der Waals surface area contributed by atoms with Gasteiger partial charge in [-0.15, -0.1) is 0 Å². The molecule has 1 unspecified atom stereocenters. The SMILES string of the molecule is O=C(Cc1ccc(F)cc1)NCC1CCC(=O)N1. The number of halogens is 1. The molecule has 0 spiro atoms. The van der Waals surface area contributed by atoms with Crippen LogP contribution in [-0.2, 0) is 16.0 Å². The lowest BCUT2D eigenvalue weighted by atomic mass is 10.1. The Morgan fingerprint density at radius 1 is 1.39 bits per heavy atom. The van der Waals surface area contributed by atoms with Crippen LogP contribution in [0.2, 0.25) is 0 Å². The van der Waals surface area contributed by atoms with Crippen LogP contribution in [-0.4, -0.2) is 24.4 Å². The van der Waals surface area contributed by atoms with Crippen molar-refractivity contribution in [3.8, 4) is 0 Å². The monoisotopic (exact) mass is 250 g/mol. The Kier molecular flexibility index (Phi) is 3.92. The van der Waals surface area contributed by atoms with E-state index in [1.54, 1.807) is 12.1 Å². The molecule has 1 aromatic carbocycles. The van der Waals surface area contributed by atoms with Crippen LogP contribution >= 0.6 is 0 Å². The minimum Gasteiger partial charge on any atom is -0.354 e. The molecule has 0 aromatic heterocycles. The zero-order chi connectivity index (χ0) is 13.0. The fraction of sp³-hybridized carbons (Fsp3) is 0.385. The average molecular weight is 250 g/mol. The number of nitrogens with one attached hydrogen (secondary N) is 2. The first-order chi connectivity index (χ1) is 8.63. The quantitative estimate of drug-likeness (QED) is 0.829. The second-order valence-electron chi connectivity index (χ2n) is 4.41. The molecular weight excluding hydrogens is 235 g/mol. The van der Waals surface area contributed by atoms with Crippen LogP contribution in [0.5, 0.6) is 0 Å². The van der Waals surface area contributed by atoms with Crippen LogP contribution in [0, 0.1) is 5.82 Å². The van der Waals surface area contributed by atoms with Crippen molar-refractivity contribution in [2.45, 2.75) is 25.3 Å². The molecule has 18 heavy (non-hydrogen) atoms. The topological polar surface area (TPSA) is 58.2 Å². The Hall–Kier alpha value is -1.91. The highest BCUT2D eigenvalue weighted by Crippen LogP contribution is 2.06. The minimum atomic E-state index is -0.312. The van der Waals surface area contributed by atoms with Gasteiger partial charge in [0.1, 0.15) is 5.82 Å². The van der Waals surface area contributed by atoms with E-state index in [-0.39, 0.29) is 30.1 Å². The third-order valence-corrected chi connectivity index (χ3v) is 2.91. The number of benzene rings is 1. The molecule has 4 nitrogen and oxygen atoms in total. The van der Waals surface area contributed by atoms with Crippen LogP contribution < -0.4 is 10.6 Å². The number of hydrogen-bond donors (Lipinski definition) is 2. The van der Waals surface area contributed by atoms with Crippen molar-refractivity contribution in [2.75, 3.05) is 6.54 Å². The van der Waals surface area contributed by atoms with Gasteiger partial charge in [-0.25, -0.2) is 4.39 Å². The zero-order valence-electron chi connectivity index (χ0n) is 9.91. The molecule has 5 heteroatoms. The number of carbonyl (C=O) groups excluding carboxylic acids is 2. The molecule has 2 rings (SSSR count). The van der Waals surface area contributed by atoms with Gasteiger partial charge in [0.2, 0.25) is 11.8 Å². The molecule has 96 valence electrons. The van der Waals surface area contributed by atoms with Crippen LogP contribution in [0.15, 0.2) is 24.3 Å². The summed E-state index contributed by atoms with van der Waals surface area (Å²) in [5.74, 6) is -0.400. The summed E-state index contributed by atoms with van der Waals surface area (Å²) in [6.07, 6.45) is 1.51. The molecule has 0 saturated carbocycles. The highest BCUT2D eigenvalue weighted by Gasteiger charge is 2.20. The summed E-state index contributed by atoms with van der Waals surface area (Å²) >= 11 is 0. The van der Waals surface area contributed by atoms with Crippen molar-refractivity contribution >= 4 is 11.8 Å². The average Bonchev–Trinajstić information content (AvgIpc) is 2.76. The largest absolute Gasteiger partial charge is 0.354 e. The molecule has 1 atom stereocenters. The molecule has 1 saturated heterocycles. The number of hydrogen-bond acceptors (Lipinski definition) is 2. The van der Waals surface area contributed by atoms with Crippen LogP contribution in [0.3, 0.4) is 0 Å². The van der Waals surface area contributed by atoms with E-state index in [1.807, 2.05) is 0 Å². The molecule has 1 aliphatic heterocycles. The predicted octanol–water partition coefficient (Wildman–Crippen LogP) is 0.763. The smallest absolute Gasteiger partial charge is 0.224 e. The van der Waals surface area contributed by atoms with Gasteiger partial charge in [0.05, 0.1) is 6.42 Å². The van der Waals surface area contributed by atoms with Gasteiger partial charge in [-0.05, 0) is 24.1 Å².